The topological polar surface area (TPSA) is 82.6 Å². The van der Waals surface area contributed by atoms with Crippen LogP contribution in [-0.4, -0.2) is 17.6 Å². The highest BCUT2D eigenvalue weighted by atomic mass is 16.2. The van der Waals surface area contributed by atoms with Crippen molar-refractivity contribution < 1.29 is 9.59 Å². The Bertz CT molecular complexity index is 831. The molecule has 0 saturated carbocycles. The molecule has 1 aliphatic heterocycles. The van der Waals surface area contributed by atoms with E-state index < -0.39 is 0 Å². The standard InChI is InChI=1S/C19H20N4O2/c1-12-10-15(21-19(25)20-14-6-4-3-5-7-14)8-9-16(12)18-13(2)11-17(24)22-23-18/h3-10,13H,11H2,1-2H3,(H,22,24)(H2,20,21,25). The number of urea groups is 1. The van der Waals surface area contributed by atoms with Gasteiger partial charge in [-0.15, -0.1) is 0 Å². The van der Waals surface area contributed by atoms with E-state index in [0.717, 1.165) is 22.5 Å². The molecule has 3 rings (SSSR count). The number of hydrogen-bond acceptors (Lipinski definition) is 3. The van der Waals surface area contributed by atoms with Gasteiger partial charge in [-0.2, -0.15) is 5.10 Å². The second-order valence-electron chi connectivity index (χ2n) is 6.11. The van der Waals surface area contributed by atoms with Gasteiger partial charge in [0.05, 0.1) is 5.71 Å². The zero-order valence-corrected chi connectivity index (χ0v) is 14.2. The normalized spacial score (nSPS) is 16.6. The van der Waals surface area contributed by atoms with Crippen LogP contribution in [-0.2, 0) is 4.79 Å². The van der Waals surface area contributed by atoms with Gasteiger partial charge in [0.15, 0.2) is 0 Å². The van der Waals surface area contributed by atoms with Crippen LogP contribution in [0.1, 0.15) is 24.5 Å². The number of amides is 3. The molecule has 0 aliphatic carbocycles. The first kappa shape index (κ1) is 16.7. The van der Waals surface area contributed by atoms with Crippen molar-refractivity contribution in [2.24, 2.45) is 11.0 Å². The fourth-order valence-corrected chi connectivity index (χ4v) is 2.82. The zero-order valence-electron chi connectivity index (χ0n) is 14.2. The Morgan fingerprint density at radius 1 is 1.12 bits per heavy atom. The van der Waals surface area contributed by atoms with Crippen LogP contribution in [0.5, 0.6) is 0 Å². The van der Waals surface area contributed by atoms with Crippen molar-refractivity contribution in [1.29, 1.82) is 0 Å². The predicted molar refractivity (Wildman–Crippen MR) is 98.7 cm³/mol. The molecule has 0 radical (unpaired) electrons. The smallest absolute Gasteiger partial charge is 0.308 e. The van der Waals surface area contributed by atoms with Crippen molar-refractivity contribution in [2.45, 2.75) is 20.3 Å². The number of hydrazone groups is 1. The van der Waals surface area contributed by atoms with Crippen LogP contribution in [0.25, 0.3) is 0 Å². The average Bonchev–Trinajstić information content (AvgIpc) is 2.57. The molecule has 1 aliphatic rings. The minimum Gasteiger partial charge on any atom is -0.308 e. The van der Waals surface area contributed by atoms with Gasteiger partial charge in [-0.25, -0.2) is 10.2 Å². The molecule has 128 valence electrons. The molecule has 0 bridgehead atoms. The highest BCUT2D eigenvalue weighted by molar-refractivity contribution is 6.07. The van der Waals surface area contributed by atoms with Gasteiger partial charge in [-0.3, -0.25) is 4.79 Å². The van der Waals surface area contributed by atoms with E-state index in [0.29, 0.717) is 12.1 Å². The molecular weight excluding hydrogens is 316 g/mol. The molecule has 3 amide bonds. The first-order valence-electron chi connectivity index (χ1n) is 8.13. The molecule has 1 atom stereocenters. The largest absolute Gasteiger partial charge is 0.323 e. The number of nitrogens with zero attached hydrogens (tertiary/aromatic N) is 1. The van der Waals surface area contributed by atoms with Gasteiger partial charge in [0.25, 0.3) is 0 Å². The summed E-state index contributed by atoms with van der Waals surface area (Å²) in [6.07, 6.45) is 0.428. The second kappa shape index (κ2) is 7.17. The summed E-state index contributed by atoms with van der Waals surface area (Å²) >= 11 is 0. The van der Waals surface area contributed by atoms with Crippen LogP contribution in [0.4, 0.5) is 16.2 Å². The van der Waals surface area contributed by atoms with Crippen molar-refractivity contribution in [3.05, 3.63) is 59.7 Å². The molecule has 2 aromatic rings. The van der Waals surface area contributed by atoms with E-state index in [4.69, 9.17) is 0 Å². The Kier molecular flexibility index (Phi) is 4.79. The number of carbonyl (C=O) groups is 2. The number of benzene rings is 2. The number of aryl methyl sites for hydroxylation is 1. The highest BCUT2D eigenvalue weighted by Gasteiger charge is 2.22. The Balaban J connectivity index is 1.72. The Morgan fingerprint density at radius 2 is 1.84 bits per heavy atom. The highest BCUT2D eigenvalue weighted by Crippen LogP contribution is 2.22. The second-order valence-corrected chi connectivity index (χ2v) is 6.11. The number of hydrogen-bond donors (Lipinski definition) is 3. The van der Waals surface area contributed by atoms with Crippen LogP contribution in [0.3, 0.4) is 0 Å². The molecule has 6 nitrogen and oxygen atoms in total. The maximum Gasteiger partial charge on any atom is 0.323 e. The maximum atomic E-state index is 12.1. The molecule has 0 spiro atoms. The lowest BCUT2D eigenvalue weighted by Crippen LogP contribution is -2.32. The lowest BCUT2D eigenvalue weighted by Gasteiger charge is -2.21. The van der Waals surface area contributed by atoms with E-state index in [9.17, 15) is 9.59 Å². The number of rotatable bonds is 3. The fourth-order valence-electron chi connectivity index (χ4n) is 2.82. The maximum absolute atomic E-state index is 12.1. The summed E-state index contributed by atoms with van der Waals surface area (Å²) in [5.74, 6) is -0.00240. The first-order chi connectivity index (χ1) is 12.0. The van der Waals surface area contributed by atoms with E-state index in [-0.39, 0.29) is 17.9 Å². The SMILES string of the molecule is Cc1cc(NC(=O)Nc2ccccc2)ccc1C1=NNC(=O)CC1C. The van der Waals surface area contributed by atoms with Gasteiger partial charge in [0, 0.05) is 29.3 Å². The molecule has 0 fully saturated rings. The number of nitrogens with one attached hydrogen (secondary N) is 3. The monoisotopic (exact) mass is 336 g/mol. The van der Waals surface area contributed by atoms with Gasteiger partial charge in [-0.05, 0) is 36.8 Å². The van der Waals surface area contributed by atoms with E-state index >= 15 is 0 Å². The summed E-state index contributed by atoms with van der Waals surface area (Å²) in [6.45, 7) is 3.94. The Labute approximate surface area is 146 Å². The first-order valence-corrected chi connectivity index (χ1v) is 8.13. The minimum atomic E-state index is -0.297. The van der Waals surface area contributed by atoms with Crippen LogP contribution < -0.4 is 16.1 Å². The molecule has 2 aromatic carbocycles. The van der Waals surface area contributed by atoms with Gasteiger partial charge >= 0.3 is 6.03 Å². The molecule has 3 N–H and O–H groups in total. The van der Waals surface area contributed by atoms with Crippen LogP contribution in [0, 0.1) is 12.8 Å². The van der Waals surface area contributed by atoms with E-state index in [1.165, 1.54) is 0 Å². The van der Waals surface area contributed by atoms with Crippen molar-refractivity contribution in [2.75, 3.05) is 10.6 Å². The summed E-state index contributed by atoms with van der Waals surface area (Å²) in [5, 5.41) is 9.78. The van der Waals surface area contributed by atoms with E-state index in [2.05, 4.69) is 21.2 Å². The zero-order chi connectivity index (χ0) is 17.8. The molecule has 1 heterocycles. The summed E-state index contributed by atoms with van der Waals surface area (Å²) in [5.41, 5.74) is 6.78. The summed E-state index contributed by atoms with van der Waals surface area (Å²) < 4.78 is 0. The van der Waals surface area contributed by atoms with Crippen LogP contribution in [0.15, 0.2) is 53.6 Å². The quantitative estimate of drug-likeness (QED) is 0.801. The molecule has 6 heteroatoms. The molecule has 1 unspecified atom stereocenters. The lowest BCUT2D eigenvalue weighted by atomic mass is 9.91. The Morgan fingerprint density at radius 3 is 2.52 bits per heavy atom. The van der Waals surface area contributed by atoms with Crippen molar-refractivity contribution in [1.82, 2.24) is 5.43 Å². The number of anilines is 2. The van der Waals surface area contributed by atoms with E-state index in [1.54, 1.807) is 0 Å². The van der Waals surface area contributed by atoms with Gasteiger partial charge in [0.2, 0.25) is 5.91 Å². The lowest BCUT2D eigenvalue weighted by molar-refractivity contribution is -0.121. The van der Waals surface area contributed by atoms with Gasteiger partial charge < -0.3 is 10.6 Å². The molecule has 0 aromatic heterocycles. The van der Waals surface area contributed by atoms with Gasteiger partial charge in [0.1, 0.15) is 0 Å². The molecule has 0 saturated heterocycles. The third-order valence-electron chi connectivity index (χ3n) is 4.05. The third-order valence-corrected chi connectivity index (χ3v) is 4.05. The number of para-hydroxylation sites is 1. The van der Waals surface area contributed by atoms with Crippen molar-refractivity contribution in [3.63, 3.8) is 0 Å². The summed E-state index contributed by atoms with van der Waals surface area (Å²) in [4.78, 5) is 23.5. The Hall–Kier alpha value is -3.15. The van der Waals surface area contributed by atoms with Gasteiger partial charge in [-0.1, -0.05) is 31.2 Å². The molecule has 25 heavy (non-hydrogen) atoms. The van der Waals surface area contributed by atoms with Crippen molar-refractivity contribution >= 4 is 29.0 Å². The van der Waals surface area contributed by atoms with Crippen LogP contribution in [0.2, 0.25) is 0 Å². The van der Waals surface area contributed by atoms with Crippen LogP contribution >= 0.6 is 0 Å². The fraction of sp³-hybridized carbons (Fsp3) is 0.211. The number of carbonyl (C=O) groups excluding carboxylic acids is 2. The summed E-state index contributed by atoms with van der Waals surface area (Å²) in [7, 11) is 0. The van der Waals surface area contributed by atoms with E-state index in [1.807, 2.05) is 62.4 Å². The molecular formula is C19H20N4O2. The minimum absolute atomic E-state index is 0.0626. The predicted octanol–water partition coefficient (Wildman–Crippen LogP) is 3.50. The third kappa shape index (κ3) is 4.03. The average molecular weight is 336 g/mol. The summed E-state index contributed by atoms with van der Waals surface area (Å²) in [6, 6.07) is 14.6. The van der Waals surface area contributed by atoms with Crippen molar-refractivity contribution in [3.8, 4) is 0 Å².